The van der Waals surface area contributed by atoms with Crippen molar-refractivity contribution in [1.29, 1.82) is 0 Å². The summed E-state index contributed by atoms with van der Waals surface area (Å²) in [6, 6.07) is 0. The molecule has 0 spiro atoms. The van der Waals surface area contributed by atoms with Crippen LogP contribution in [0.2, 0.25) is 0 Å². The first kappa shape index (κ1) is 24.9. The molecule has 25 heavy (non-hydrogen) atoms. The zero-order valence-electron chi connectivity index (χ0n) is 16.4. The van der Waals surface area contributed by atoms with Gasteiger partial charge in [0.15, 0.2) is 0 Å². The molecule has 1 rings (SSSR count). The van der Waals surface area contributed by atoms with Crippen LogP contribution >= 0.6 is 0 Å². The van der Waals surface area contributed by atoms with Crippen molar-refractivity contribution in [1.82, 2.24) is 4.90 Å². The summed E-state index contributed by atoms with van der Waals surface area (Å²) in [5.74, 6) is 0.158. The van der Waals surface area contributed by atoms with Gasteiger partial charge in [0, 0.05) is 31.9 Å². The molecule has 0 saturated heterocycles. The molecule has 0 bridgehead atoms. The molecule has 0 aromatic carbocycles. The van der Waals surface area contributed by atoms with Crippen molar-refractivity contribution in [3.05, 3.63) is 0 Å². The molecule has 0 saturated carbocycles. The smallest absolute Gasteiger partial charge is 0.550 e. The van der Waals surface area contributed by atoms with Crippen LogP contribution in [0.1, 0.15) is 77.6 Å². The number of hydrogen-bond acceptors (Lipinski definition) is 5. The van der Waals surface area contributed by atoms with Gasteiger partial charge in [-0.2, -0.15) is 0 Å². The normalized spacial score (nSPS) is 13.6. The zero-order chi connectivity index (χ0) is 17.5. The summed E-state index contributed by atoms with van der Waals surface area (Å²) >= 11 is 0. The Morgan fingerprint density at radius 2 is 1.72 bits per heavy atom. The van der Waals surface area contributed by atoms with Crippen LogP contribution in [0.15, 0.2) is 4.99 Å². The van der Waals surface area contributed by atoms with Crippen LogP contribution < -0.4 is 34.7 Å². The first-order chi connectivity index (χ1) is 11.7. The van der Waals surface area contributed by atoms with E-state index >= 15 is 0 Å². The Balaban J connectivity index is 0.00000576. The van der Waals surface area contributed by atoms with Gasteiger partial charge in [0.05, 0.1) is 25.6 Å². The third-order valence-electron chi connectivity index (χ3n) is 4.49. The SMILES string of the molecule is CCCCCCCCCCCC1=NCCN1CCOCCC(=O)[O-].[Na+]. The standard InChI is InChI=1S/C19H36N2O3.Na/c1-2-3-4-5-6-7-8-9-10-11-18-20-13-14-21(18)15-17-24-16-12-19(22)23;/h2-17H2,1H3,(H,22,23);/q;+1/p-1. The van der Waals surface area contributed by atoms with Crippen molar-refractivity contribution in [3.8, 4) is 0 Å². The fourth-order valence-electron chi connectivity index (χ4n) is 3.03. The van der Waals surface area contributed by atoms with Crippen LogP contribution in [0.4, 0.5) is 0 Å². The number of ether oxygens (including phenoxy) is 1. The Bertz CT molecular complexity index is 365. The van der Waals surface area contributed by atoms with Gasteiger partial charge >= 0.3 is 29.6 Å². The summed E-state index contributed by atoms with van der Waals surface area (Å²) in [4.78, 5) is 17.2. The van der Waals surface area contributed by atoms with Crippen LogP contribution in [0, 0.1) is 0 Å². The van der Waals surface area contributed by atoms with Crippen LogP contribution in [0.3, 0.4) is 0 Å². The van der Waals surface area contributed by atoms with Crippen LogP contribution in [-0.2, 0) is 9.53 Å². The van der Waals surface area contributed by atoms with E-state index in [1.165, 1.54) is 63.6 Å². The van der Waals surface area contributed by atoms with E-state index in [-0.39, 0.29) is 42.6 Å². The molecule has 0 amide bonds. The minimum absolute atomic E-state index is 0. The van der Waals surface area contributed by atoms with Crippen molar-refractivity contribution in [2.75, 3.05) is 32.8 Å². The second-order valence-corrected chi connectivity index (χ2v) is 6.60. The summed E-state index contributed by atoms with van der Waals surface area (Å²) in [7, 11) is 0. The molecular formula is C19H35N2NaO3. The number of hydrogen-bond donors (Lipinski definition) is 0. The Hall–Kier alpha value is -0.100. The molecule has 0 radical (unpaired) electrons. The molecule has 0 atom stereocenters. The van der Waals surface area contributed by atoms with Gasteiger partial charge in [0.2, 0.25) is 0 Å². The van der Waals surface area contributed by atoms with Gasteiger partial charge in [-0.1, -0.05) is 58.3 Å². The van der Waals surface area contributed by atoms with E-state index in [9.17, 15) is 9.90 Å². The van der Waals surface area contributed by atoms with E-state index < -0.39 is 5.97 Å². The molecule has 1 heterocycles. The molecule has 0 fully saturated rings. The van der Waals surface area contributed by atoms with Crippen molar-refractivity contribution in [3.63, 3.8) is 0 Å². The molecule has 1 aliphatic rings. The largest absolute Gasteiger partial charge is 1.00 e. The maximum absolute atomic E-state index is 10.3. The topological polar surface area (TPSA) is 65.0 Å². The van der Waals surface area contributed by atoms with Crippen molar-refractivity contribution >= 4 is 11.8 Å². The summed E-state index contributed by atoms with van der Waals surface area (Å²) in [6.07, 6.45) is 13.1. The molecule has 5 nitrogen and oxygen atoms in total. The molecule has 1 aliphatic heterocycles. The van der Waals surface area contributed by atoms with Crippen LogP contribution in [0.5, 0.6) is 0 Å². The zero-order valence-corrected chi connectivity index (χ0v) is 18.4. The minimum Gasteiger partial charge on any atom is -0.550 e. The van der Waals surface area contributed by atoms with E-state index in [1.807, 2.05) is 0 Å². The fraction of sp³-hybridized carbons (Fsp3) is 0.895. The number of aliphatic carboxylic acids is 1. The summed E-state index contributed by atoms with van der Waals surface area (Å²) in [6.45, 7) is 5.71. The summed E-state index contributed by atoms with van der Waals surface area (Å²) < 4.78 is 5.34. The number of carbonyl (C=O) groups excluding carboxylic acids is 1. The Morgan fingerprint density at radius 3 is 2.36 bits per heavy atom. The Kier molecular flexibility index (Phi) is 17.3. The van der Waals surface area contributed by atoms with Gasteiger partial charge in [0.25, 0.3) is 0 Å². The number of amidine groups is 1. The Labute approximate surface area is 175 Å². The van der Waals surface area contributed by atoms with Crippen molar-refractivity contribution in [2.45, 2.75) is 77.6 Å². The number of aliphatic imine (C=N–C) groups is 1. The predicted molar refractivity (Wildman–Crippen MR) is 96.2 cm³/mol. The number of carboxylic acids is 1. The summed E-state index contributed by atoms with van der Waals surface area (Å²) in [5, 5.41) is 10.3. The van der Waals surface area contributed by atoms with E-state index in [0.717, 1.165) is 26.1 Å². The molecule has 140 valence electrons. The molecule has 0 aromatic heterocycles. The molecule has 0 unspecified atom stereocenters. The molecule has 0 aliphatic carbocycles. The van der Waals surface area contributed by atoms with Gasteiger partial charge in [-0.05, 0) is 6.42 Å². The number of rotatable bonds is 16. The maximum Gasteiger partial charge on any atom is 1.00 e. The predicted octanol–water partition coefficient (Wildman–Crippen LogP) is -0.218. The van der Waals surface area contributed by atoms with Crippen LogP contribution in [0.25, 0.3) is 0 Å². The van der Waals surface area contributed by atoms with Crippen molar-refractivity contribution in [2.24, 2.45) is 4.99 Å². The molecule has 0 N–H and O–H groups in total. The fourth-order valence-corrected chi connectivity index (χ4v) is 3.03. The number of nitrogens with zero attached hydrogens (tertiary/aromatic N) is 2. The average molecular weight is 362 g/mol. The quantitative estimate of drug-likeness (QED) is 0.281. The Morgan fingerprint density at radius 1 is 1.08 bits per heavy atom. The second kappa shape index (κ2) is 17.3. The van der Waals surface area contributed by atoms with E-state index in [1.54, 1.807) is 0 Å². The minimum atomic E-state index is -1.05. The summed E-state index contributed by atoms with van der Waals surface area (Å²) in [5.41, 5.74) is 0. The van der Waals surface area contributed by atoms with Gasteiger partial charge < -0.3 is 19.5 Å². The molecular weight excluding hydrogens is 327 g/mol. The number of carbonyl (C=O) groups is 1. The first-order valence-electron chi connectivity index (χ1n) is 9.80. The van der Waals surface area contributed by atoms with Gasteiger partial charge in [-0.3, -0.25) is 4.99 Å². The number of carboxylic acid groups (broad SMARTS) is 1. The van der Waals surface area contributed by atoms with Gasteiger partial charge in [0.1, 0.15) is 0 Å². The van der Waals surface area contributed by atoms with Crippen molar-refractivity contribution < 1.29 is 44.2 Å². The van der Waals surface area contributed by atoms with E-state index in [0.29, 0.717) is 6.61 Å². The maximum atomic E-state index is 10.3. The van der Waals surface area contributed by atoms with E-state index in [4.69, 9.17) is 4.74 Å². The third kappa shape index (κ3) is 13.7. The van der Waals surface area contributed by atoms with E-state index in [2.05, 4.69) is 16.8 Å². The number of unbranched alkanes of at least 4 members (excludes halogenated alkanes) is 8. The molecule has 0 aromatic rings. The van der Waals surface area contributed by atoms with Gasteiger partial charge in [-0.15, -0.1) is 0 Å². The van der Waals surface area contributed by atoms with Crippen LogP contribution in [-0.4, -0.2) is 49.6 Å². The van der Waals surface area contributed by atoms with Gasteiger partial charge in [-0.25, -0.2) is 0 Å². The third-order valence-corrected chi connectivity index (χ3v) is 4.49. The monoisotopic (exact) mass is 362 g/mol. The molecule has 6 heteroatoms. The average Bonchev–Trinajstić information content (AvgIpc) is 3.00. The second-order valence-electron chi connectivity index (χ2n) is 6.60. The first-order valence-corrected chi connectivity index (χ1v) is 9.80.